The number of rotatable bonds is 3. The largest absolute Gasteiger partial charge is 0.462 e. The first kappa shape index (κ1) is 14.0. The van der Waals surface area contributed by atoms with Crippen LogP contribution in [0.25, 0.3) is 0 Å². The molecule has 2 aliphatic carbocycles. The molecular formula is C16H22O3. The fraction of sp³-hybridized carbons (Fsp3) is 0.625. The van der Waals surface area contributed by atoms with E-state index in [1.807, 2.05) is 20.8 Å². The van der Waals surface area contributed by atoms with Crippen molar-refractivity contribution in [1.82, 2.24) is 0 Å². The molecule has 0 N–H and O–H groups in total. The van der Waals surface area contributed by atoms with E-state index in [1.54, 1.807) is 0 Å². The Morgan fingerprint density at radius 1 is 1.42 bits per heavy atom. The van der Waals surface area contributed by atoms with Gasteiger partial charge in [-0.2, -0.15) is 0 Å². The van der Waals surface area contributed by atoms with Crippen molar-refractivity contribution in [3.05, 3.63) is 23.3 Å². The molecule has 0 bridgehead atoms. The minimum atomic E-state index is -0.438. The van der Waals surface area contributed by atoms with Gasteiger partial charge in [0.05, 0.1) is 6.61 Å². The normalized spacial score (nSPS) is 26.9. The van der Waals surface area contributed by atoms with Crippen LogP contribution in [0.2, 0.25) is 0 Å². The zero-order valence-electron chi connectivity index (χ0n) is 12.0. The lowest BCUT2D eigenvalue weighted by Gasteiger charge is -2.34. The van der Waals surface area contributed by atoms with Gasteiger partial charge in [0.1, 0.15) is 5.57 Å². The van der Waals surface area contributed by atoms with Gasteiger partial charge in [-0.3, -0.25) is 4.79 Å². The quantitative estimate of drug-likeness (QED) is 0.445. The van der Waals surface area contributed by atoms with Gasteiger partial charge in [-0.1, -0.05) is 32.9 Å². The zero-order chi connectivity index (χ0) is 14.2. The average Bonchev–Trinajstić information content (AvgIpc) is 2.59. The van der Waals surface area contributed by atoms with Crippen LogP contribution in [0, 0.1) is 11.3 Å². The van der Waals surface area contributed by atoms with Gasteiger partial charge in [0.2, 0.25) is 0 Å². The van der Waals surface area contributed by atoms with Crippen molar-refractivity contribution in [3.63, 3.8) is 0 Å². The Morgan fingerprint density at radius 3 is 2.74 bits per heavy atom. The number of carbonyl (C=O) groups is 2. The molecule has 1 atom stereocenters. The van der Waals surface area contributed by atoms with Crippen molar-refractivity contribution in [1.29, 1.82) is 0 Å². The van der Waals surface area contributed by atoms with Crippen molar-refractivity contribution in [3.8, 4) is 0 Å². The maximum Gasteiger partial charge on any atom is 0.341 e. The molecule has 0 unspecified atom stereocenters. The number of esters is 1. The summed E-state index contributed by atoms with van der Waals surface area (Å²) in [7, 11) is 0. The standard InChI is InChI=1S/C16H22O3/c1-10(2)9-19-15(18)14-12-7-5-6-11(3)16(12,4)8-13(14)17/h10H,3,5-9H2,1-2,4H3/t16-/m1/s1. The van der Waals surface area contributed by atoms with Gasteiger partial charge in [-0.15, -0.1) is 0 Å². The first-order valence-electron chi connectivity index (χ1n) is 6.98. The van der Waals surface area contributed by atoms with E-state index in [0.29, 0.717) is 18.6 Å². The van der Waals surface area contributed by atoms with Crippen LogP contribution in [0.4, 0.5) is 0 Å². The molecule has 3 heteroatoms. The van der Waals surface area contributed by atoms with Gasteiger partial charge in [0.25, 0.3) is 0 Å². The molecule has 0 aromatic heterocycles. The van der Waals surface area contributed by atoms with Crippen LogP contribution >= 0.6 is 0 Å². The summed E-state index contributed by atoms with van der Waals surface area (Å²) in [5, 5.41) is 0. The first-order chi connectivity index (χ1) is 8.86. The van der Waals surface area contributed by atoms with Crippen LogP contribution in [0.5, 0.6) is 0 Å². The van der Waals surface area contributed by atoms with Crippen LogP contribution in [-0.2, 0) is 14.3 Å². The van der Waals surface area contributed by atoms with Gasteiger partial charge in [0, 0.05) is 11.8 Å². The van der Waals surface area contributed by atoms with E-state index in [4.69, 9.17) is 4.74 Å². The summed E-state index contributed by atoms with van der Waals surface area (Å²) in [6.45, 7) is 10.4. The van der Waals surface area contributed by atoms with E-state index < -0.39 is 5.97 Å². The molecule has 0 spiro atoms. The predicted molar refractivity (Wildman–Crippen MR) is 73.5 cm³/mol. The SMILES string of the molecule is C=C1CCCC2=C(C(=O)OCC(C)C)C(=O)C[C@]12C. The minimum Gasteiger partial charge on any atom is -0.462 e. The average molecular weight is 262 g/mol. The lowest BCUT2D eigenvalue weighted by Crippen LogP contribution is -2.23. The minimum absolute atomic E-state index is 0.0747. The highest BCUT2D eigenvalue weighted by atomic mass is 16.5. The number of fused-ring (bicyclic) bond motifs is 1. The number of ketones is 1. The van der Waals surface area contributed by atoms with E-state index in [-0.39, 0.29) is 17.1 Å². The molecule has 0 aromatic rings. The van der Waals surface area contributed by atoms with Crippen molar-refractivity contribution < 1.29 is 14.3 Å². The van der Waals surface area contributed by atoms with E-state index in [2.05, 4.69) is 6.58 Å². The molecule has 3 nitrogen and oxygen atoms in total. The molecule has 104 valence electrons. The Morgan fingerprint density at radius 2 is 2.11 bits per heavy atom. The summed E-state index contributed by atoms with van der Waals surface area (Å²) >= 11 is 0. The molecule has 1 fully saturated rings. The zero-order valence-corrected chi connectivity index (χ0v) is 12.0. The molecule has 2 aliphatic rings. The summed E-state index contributed by atoms with van der Waals surface area (Å²) < 4.78 is 5.24. The van der Waals surface area contributed by atoms with Crippen LogP contribution in [0.1, 0.15) is 46.5 Å². The van der Waals surface area contributed by atoms with Gasteiger partial charge in [0.15, 0.2) is 5.78 Å². The number of ether oxygens (including phenoxy) is 1. The van der Waals surface area contributed by atoms with Crippen molar-refractivity contribution in [2.45, 2.75) is 46.5 Å². The molecule has 1 saturated carbocycles. The fourth-order valence-corrected chi connectivity index (χ4v) is 3.01. The second-order valence-corrected chi connectivity index (χ2v) is 6.24. The van der Waals surface area contributed by atoms with Crippen molar-refractivity contribution >= 4 is 11.8 Å². The number of Topliss-reactive ketones (excluding diaryl/α,β-unsaturated/α-hetero) is 1. The van der Waals surface area contributed by atoms with Gasteiger partial charge >= 0.3 is 5.97 Å². The van der Waals surface area contributed by atoms with E-state index in [9.17, 15) is 9.59 Å². The molecule has 19 heavy (non-hydrogen) atoms. The predicted octanol–water partition coefficient (Wildman–Crippen LogP) is 3.20. The number of carbonyl (C=O) groups excluding carboxylic acids is 2. The summed E-state index contributed by atoms with van der Waals surface area (Å²) in [6.07, 6.45) is 3.11. The summed E-state index contributed by atoms with van der Waals surface area (Å²) in [6, 6.07) is 0. The van der Waals surface area contributed by atoms with Gasteiger partial charge < -0.3 is 4.74 Å². The maximum absolute atomic E-state index is 12.2. The Hall–Kier alpha value is -1.38. The molecule has 0 aromatic carbocycles. The smallest absolute Gasteiger partial charge is 0.341 e. The molecule has 2 rings (SSSR count). The van der Waals surface area contributed by atoms with E-state index in [0.717, 1.165) is 30.4 Å². The molecule has 0 heterocycles. The number of allylic oxidation sites excluding steroid dienone is 2. The Labute approximate surface area is 114 Å². The molecule has 0 aliphatic heterocycles. The highest BCUT2D eigenvalue weighted by Crippen LogP contribution is 2.52. The highest BCUT2D eigenvalue weighted by molar-refractivity contribution is 6.20. The molecule has 0 radical (unpaired) electrons. The van der Waals surface area contributed by atoms with Crippen LogP contribution < -0.4 is 0 Å². The number of hydrogen-bond acceptors (Lipinski definition) is 3. The Balaban J connectivity index is 2.29. The Bertz CT molecular complexity index is 470. The lowest BCUT2D eigenvalue weighted by atomic mass is 9.69. The Kier molecular flexibility index (Phi) is 3.66. The summed E-state index contributed by atoms with van der Waals surface area (Å²) in [4.78, 5) is 24.3. The van der Waals surface area contributed by atoms with Crippen molar-refractivity contribution in [2.75, 3.05) is 6.61 Å². The third-order valence-corrected chi connectivity index (χ3v) is 4.20. The monoisotopic (exact) mass is 262 g/mol. The third-order valence-electron chi connectivity index (χ3n) is 4.20. The van der Waals surface area contributed by atoms with E-state index in [1.165, 1.54) is 0 Å². The van der Waals surface area contributed by atoms with Crippen LogP contribution in [0.15, 0.2) is 23.3 Å². The lowest BCUT2D eigenvalue weighted by molar-refractivity contribution is -0.141. The first-order valence-corrected chi connectivity index (χ1v) is 6.98. The summed E-state index contributed by atoms with van der Waals surface area (Å²) in [5.41, 5.74) is 2.04. The summed E-state index contributed by atoms with van der Waals surface area (Å²) in [5.74, 6) is -0.236. The molecule has 0 saturated heterocycles. The molecule has 0 amide bonds. The topological polar surface area (TPSA) is 43.4 Å². The van der Waals surface area contributed by atoms with Crippen molar-refractivity contribution in [2.24, 2.45) is 11.3 Å². The van der Waals surface area contributed by atoms with Gasteiger partial charge in [-0.05, 0) is 30.8 Å². The van der Waals surface area contributed by atoms with Crippen LogP contribution in [-0.4, -0.2) is 18.4 Å². The van der Waals surface area contributed by atoms with Gasteiger partial charge in [-0.25, -0.2) is 4.79 Å². The number of hydrogen-bond donors (Lipinski definition) is 0. The second-order valence-electron chi connectivity index (χ2n) is 6.24. The maximum atomic E-state index is 12.2. The molecular weight excluding hydrogens is 240 g/mol. The van der Waals surface area contributed by atoms with Crippen LogP contribution in [0.3, 0.4) is 0 Å². The highest BCUT2D eigenvalue weighted by Gasteiger charge is 2.47. The third kappa shape index (κ3) is 2.38. The fourth-order valence-electron chi connectivity index (χ4n) is 3.01. The second kappa shape index (κ2) is 4.95. The van der Waals surface area contributed by atoms with E-state index >= 15 is 0 Å².